The molecule has 1 atom stereocenters. The maximum atomic E-state index is 4.98. The molecule has 4 heteroatoms. The molecule has 4 nitrogen and oxygen atoms in total. The van der Waals surface area contributed by atoms with Gasteiger partial charge in [0.2, 0.25) is 0 Å². The Balaban J connectivity index is 1.51. The Morgan fingerprint density at radius 2 is 1.92 bits per heavy atom. The van der Waals surface area contributed by atoms with Crippen LogP contribution in [-0.2, 0) is 20.0 Å². The van der Waals surface area contributed by atoms with Crippen LogP contribution in [0.15, 0.2) is 60.9 Å². The fourth-order valence-electron chi connectivity index (χ4n) is 3.73. The summed E-state index contributed by atoms with van der Waals surface area (Å²) in [5.74, 6) is 0. The van der Waals surface area contributed by atoms with Crippen LogP contribution in [0.2, 0.25) is 0 Å². The first-order valence-electron chi connectivity index (χ1n) is 8.99. The molecule has 0 aliphatic carbocycles. The van der Waals surface area contributed by atoms with E-state index in [1.165, 1.54) is 29.7 Å². The second kappa shape index (κ2) is 7.19. The van der Waals surface area contributed by atoms with Gasteiger partial charge in [0.15, 0.2) is 0 Å². The summed E-state index contributed by atoms with van der Waals surface area (Å²) in [6, 6.07) is 17.5. The van der Waals surface area contributed by atoms with E-state index in [0.717, 1.165) is 25.2 Å². The first kappa shape index (κ1) is 16.0. The summed E-state index contributed by atoms with van der Waals surface area (Å²) < 4.78 is 1.87. The van der Waals surface area contributed by atoms with Gasteiger partial charge in [0.1, 0.15) is 0 Å². The Morgan fingerprint density at radius 3 is 2.72 bits per heavy atom. The maximum Gasteiger partial charge on any atom is 0.0578 e. The first-order chi connectivity index (χ1) is 12.3. The Kier molecular flexibility index (Phi) is 4.61. The first-order valence-corrected chi connectivity index (χ1v) is 8.99. The molecule has 0 N–H and O–H groups in total. The molecular weight excluding hydrogens is 308 g/mol. The highest BCUT2D eigenvalue weighted by atomic mass is 15.2. The second-order valence-electron chi connectivity index (χ2n) is 6.87. The van der Waals surface area contributed by atoms with Gasteiger partial charge in [0, 0.05) is 37.5 Å². The molecular formula is C21H24N4. The SMILES string of the molecule is Cn1cc(CN2CCC[C@@H]2c2cccc(Cc3ccccc3)n2)cn1. The van der Waals surface area contributed by atoms with Crippen molar-refractivity contribution in [2.45, 2.75) is 31.8 Å². The van der Waals surface area contributed by atoms with Crippen molar-refractivity contribution in [3.63, 3.8) is 0 Å². The van der Waals surface area contributed by atoms with Gasteiger partial charge in [-0.25, -0.2) is 0 Å². The average molecular weight is 332 g/mol. The smallest absolute Gasteiger partial charge is 0.0578 e. The van der Waals surface area contributed by atoms with Crippen LogP contribution < -0.4 is 0 Å². The highest BCUT2D eigenvalue weighted by molar-refractivity contribution is 5.24. The molecule has 0 unspecified atom stereocenters. The van der Waals surface area contributed by atoms with Crippen LogP contribution in [0.3, 0.4) is 0 Å². The van der Waals surface area contributed by atoms with E-state index in [4.69, 9.17) is 4.98 Å². The molecule has 1 aliphatic rings. The number of aryl methyl sites for hydroxylation is 1. The zero-order valence-electron chi connectivity index (χ0n) is 14.7. The van der Waals surface area contributed by atoms with Gasteiger partial charge in [-0.15, -0.1) is 0 Å². The van der Waals surface area contributed by atoms with Gasteiger partial charge in [-0.3, -0.25) is 14.6 Å². The summed E-state index contributed by atoms with van der Waals surface area (Å²) in [5, 5.41) is 4.29. The number of hydrogen-bond acceptors (Lipinski definition) is 3. The van der Waals surface area contributed by atoms with Gasteiger partial charge in [0.25, 0.3) is 0 Å². The monoisotopic (exact) mass is 332 g/mol. The number of benzene rings is 1. The maximum absolute atomic E-state index is 4.98. The topological polar surface area (TPSA) is 34.0 Å². The van der Waals surface area contributed by atoms with E-state index in [0.29, 0.717) is 6.04 Å². The highest BCUT2D eigenvalue weighted by Gasteiger charge is 2.27. The molecule has 3 heterocycles. The van der Waals surface area contributed by atoms with Gasteiger partial charge >= 0.3 is 0 Å². The van der Waals surface area contributed by atoms with E-state index in [9.17, 15) is 0 Å². The van der Waals surface area contributed by atoms with Gasteiger partial charge in [-0.05, 0) is 37.1 Å². The van der Waals surface area contributed by atoms with Crippen molar-refractivity contribution in [1.29, 1.82) is 0 Å². The van der Waals surface area contributed by atoms with Gasteiger partial charge < -0.3 is 0 Å². The van der Waals surface area contributed by atoms with Crippen LogP contribution in [0.25, 0.3) is 0 Å². The minimum Gasteiger partial charge on any atom is -0.290 e. The van der Waals surface area contributed by atoms with Crippen molar-refractivity contribution in [3.8, 4) is 0 Å². The van der Waals surface area contributed by atoms with E-state index in [1.807, 2.05) is 17.9 Å². The molecule has 25 heavy (non-hydrogen) atoms. The van der Waals surface area contributed by atoms with Crippen LogP contribution in [0.4, 0.5) is 0 Å². The van der Waals surface area contributed by atoms with Crippen molar-refractivity contribution in [1.82, 2.24) is 19.7 Å². The summed E-state index contributed by atoms with van der Waals surface area (Å²) in [7, 11) is 1.97. The lowest BCUT2D eigenvalue weighted by molar-refractivity contribution is 0.244. The third-order valence-corrected chi connectivity index (χ3v) is 4.91. The Bertz CT molecular complexity index is 825. The van der Waals surface area contributed by atoms with Crippen molar-refractivity contribution in [2.75, 3.05) is 6.54 Å². The number of aromatic nitrogens is 3. The fourth-order valence-corrected chi connectivity index (χ4v) is 3.73. The largest absolute Gasteiger partial charge is 0.290 e. The fraction of sp³-hybridized carbons (Fsp3) is 0.333. The predicted octanol–water partition coefficient (Wildman–Crippen LogP) is 3.74. The van der Waals surface area contributed by atoms with Crippen molar-refractivity contribution in [2.24, 2.45) is 7.05 Å². The standard InChI is InChI=1S/C21H24N4/c1-24-15-18(14-22-24)16-25-12-6-11-21(25)20-10-5-9-19(23-20)13-17-7-3-2-4-8-17/h2-5,7-10,14-15,21H,6,11-13,16H2,1H3/t21-/m1/s1. The van der Waals surface area contributed by atoms with E-state index in [1.54, 1.807) is 0 Å². The second-order valence-corrected chi connectivity index (χ2v) is 6.87. The van der Waals surface area contributed by atoms with E-state index >= 15 is 0 Å². The van der Waals surface area contributed by atoms with Crippen LogP contribution in [-0.4, -0.2) is 26.2 Å². The summed E-state index contributed by atoms with van der Waals surface area (Å²) in [6.07, 6.45) is 7.38. The number of pyridine rings is 1. The number of hydrogen-bond donors (Lipinski definition) is 0. The van der Waals surface area contributed by atoms with E-state index in [2.05, 4.69) is 64.7 Å². The molecule has 1 aliphatic heterocycles. The van der Waals surface area contributed by atoms with Crippen LogP contribution in [0, 0.1) is 0 Å². The molecule has 128 valence electrons. The molecule has 0 amide bonds. The van der Waals surface area contributed by atoms with Crippen LogP contribution in [0.5, 0.6) is 0 Å². The molecule has 0 saturated carbocycles. The van der Waals surface area contributed by atoms with Crippen molar-refractivity contribution < 1.29 is 0 Å². The molecule has 3 aromatic rings. The van der Waals surface area contributed by atoms with Gasteiger partial charge in [0.05, 0.1) is 17.9 Å². The quantitative estimate of drug-likeness (QED) is 0.714. The van der Waals surface area contributed by atoms with E-state index < -0.39 is 0 Å². The van der Waals surface area contributed by atoms with Crippen molar-refractivity contribution >= 4 is 0 Å². The number of likely N-dealkylation sites (tertiary alicyclic amines) is 1. The summed E-state index contributed by atoms with van der Waals surface area (Å²) in [6.45, 7) is 2.08. The predicted molar refractivity (Wildman–Crippen MR) is 99.1 cm³/mol. The van der Waals surface area contributed by atoms with Crippen LogP contribution >= 0.6 is 0 Å². The van der Waals surface area contributed by atoms with E-state index in [-0.39, 0.29) is 0 Å². The zero-order valence-corrected chi connectivity index (χ0v) is 14.7. The molecule has 1 saturated heterocycles. The molecule has 2 aromatic heterocycles. The zero-order chi connectivity index (χ0) is 17.1. The third-order valence-electron chi connectivity index (χ3n) is 4.91. The number of rotatable bonds is 5. The highest BCUT2D eigenvalue weighted by Crippen LogP contribution is 2.32. The summed E-state index contributed by atoms with van der Waals surface area (Å²) >= 11 is 0. The molecule has 1 fully saturated rings. The lowest BCUT2D eigenvalue weighted by Gasteiger charge is -2.23. The third kappa shape index (κ3) is 3.80. The average Bonchev–Trinajstić information content (AvgIpc) is 3.25. The molecule has 0 bridgehead atoms. The van der Waals surface area contributed by atoms with Crippen LogP contribution in [0.1, 0.15) is 41.4 Å². The molecule has 0 spiro atoms. The summed E-state index contributed by atoms with van der Waals surface area (Å²) in [5.41, 5.74) is 4.94. The van der Waals surface area contributed by atoms with Gasteiger partial charge in [-0.1, -0.05) is 36.4 Å². The number of nitrogens with zero attached hydrogens (tertiary/aromatic N) is 4. The molecule has 1 aromatic carbocycles. The Hall–Kier alpha value is -2.46. The minimum atomic E-state index is 0.413. The lowest BCUT2D eigenvalue weighted by atomic mass is 10.1. The Labute approximate surface area is 149 Å². The molecule has 0 radical (unpaired) electrons. The normalized spacial score (nSPS) is 17.9. The molecule has 4 rings (SSSR count). The van der Waals surface area contributed by atoms with Crippen molar-refractivity contribution in [3.05, 3.63) is 83.4 Å². The Morgan fingerprint density at radius 1 is 1.04 bits per heavy atom. The summed E-state index contributed by atoms with van der Waals surface area (Å²) in [4.78, 5) is 7.52. The lowest BCUT2D eigenvalue weighted by Crippen LogP contribution is -2.23. The van der Waals surface area contributed by atoms with Gasteiger partial charge in [-0.2, -0.15) is 5.10 Å². The minimum absolute atomic E-state index is 0.413.